The lowest BCUT2D eigenvalue weighted by Crippen LogP contribution is -2.36. The minimum Gasteiger partial charge on any atom is -0.484 e. The first-order valence-electron chi connectivity index (χ1n) is 6.73. The predicted octanol–water partition coefficient (Wildman–Crippen LogP) is 2.62. The highest BCUT2D eigenvalue weighted by Crippen LogP contribution is 2.17. The average molecular weight is 280 g/mol. The first-order chi connectivity index (χ1) is 9.58. The lowest BCUT2D eigenvalue weighted by molar-refractivity contribution is -0.384. The average Bonchev–Trinajstić information content (AvgIpc) is 2.45. The van der Waals surface area contributed by atoms with E-state index in [0.29, 0.717) is 5.75 Å². The summed E-state index contributed by atoms with van der Waals surface area (Å²) in [6, 6.07) is 5.70. The van der Waals surface area contributed by atoms with Gasteiger partial charge in [0.2, 0.25) is 0 Å². The van der Waals surface area contributed by atoms with Gasteiger partial charge in [-0.15, -0.1) is 0 Å². The molecular formula is C14H20N2O4. The van der Waals surface area contributed by atoms with E-state index in [-0.39, 0.29) is 18.2 Å². The van der Waals surface area contributed by atoms with E-state index in [2.05, 4.69) is 0 Å². The number of ether oxygens (including phenoxy) is 1. The van der Waals surface area contributed by atoms with Gasteiger partial charge in [-0.25, -0.2) is 0 Å². The summed E-state index contributed by atoms with van der Waals surface area (Å²) in [5.74, 6) is 0.393. The van der Waals surface area contributed by atoms with Crippen LogP contribution in [0.2, 0.25) is 0 Å². The molecule has 0 unspecified atom stereocenters. The SMILES string of the molecule is CCCN(CCC)C(=O)COc1ccc([N+](=O)[O-])cc1. The second-order valence-corrected chi connectivity index (χ2v) is 4.42. The Balaban J connectivity index is 2.52. The molecule has 1 amide bonds. The number of carbonyl (C=O) groups is 1. The maximum atomic E-state index is 12.0. The third-order valence-corrected chi connectivity index (χ3v) is 2.75. The van der Waals surface area contributed by atoms with Gasteiger partial charge in [-0.2, -0.15) is 0 Å². The maximum Gasteiger partial charge on any atom is 0.269 e. The fraction of sp³-hybridized carbons (Fsp3) is 0.500. The highest BCUT2D eigenvalue weighted by atomic mass is 16.6. The van der Waals surface area contributed by atoms with Crippen molar-refractivity contribution >= 4 is 11.6 Å². The highest BCUT2D eigenvalue weighted by molar-refractivity contribution is 5.77. The number of amides is 1. The minimum absolute atomic E-state index is 0.00210. The van der Waals surface area contributed by atoms with E-state index in [1.54, 1.807) is 4.90 Å². The van der Waals surface area contributed by atoms with Crippen molar-refractivity contribution in [2.24, 2.45) is 0 Å². The van der Waals surface area contributed by atoms with Gasteiger partial charge >= 0.3 is 0 Å². The molecule has 110 valence electrons. The second-order valence-electron chi connectivity index (χ2n) is 4.42. The van der Waals surface area contributed by atoms with Crippen LogP contribution in [0, 0.1) is 10.1 Å². The van der Waals surface area contributed by atoms with Crippen LogP contribution in [0.3, 0.4) is 0 Å². The summed E-state index contributed by atoms with van der Waals surface area (Å²) in [5.41, 5.74) is 0.00210. The number of hydrogen-bond acceptors (Lipinski definition) is 4. The zero-order valence-corrected chi connectivity index (χ0v) is 11.9. The quantitative estimate of drug-likeness (QED) is 0.542. The van der Waals surface area contributed by atoms with Gasteiger partial charge in [-0.05, 0) is 25.0 Å². The number of non-ortho nitro benzene ring substituents is 1. The summed E-state index contributed by atoms with van der Waals surface area (Å²) in [6.45, 7) is 5.44. The Kier molecular flexibility index (Phi) is 6.49. The standard InChI is InChI=1S/C14H20N2O4/c1-3-9-15(10-4-2)14(17)11-20-13-7-5-12(6-8-13)16(18)19/h5-8H,3-4,9-11H2,1-2H3. The van der Waals surface area contributed by atoms with Crippen molar-refractivity contribution in [1.82, 2.24) is 4.90 Å². The Bertz CT molecular complexity index is 439. The molecule has 0 saturated heterocycles. The largest absolute Gasteiger partial charge is 0.484 e. The number of nitro benzene ring substituents is 1. The van der Waals surface area contributed by atoms with Gasteiger partial charge in [-0.3, -0.25) is 14.9 Å². The molecule has 20 heavy (non-hydrogen) atoms. The van der Waals surface area contributed by atoms with Gasteiger partial charge in [0.05, 0.1) is 4.92 Å². The molecule has 0 N–H and O–H groups in total. The summed E-state index contributed by atoms with van der Waals surface area (Å²) in [5, 5.41) is 10.5. The molecule has 0 heterocycles. The van der Waals surface area contributed by atoms with E-state index in [1.807, 2.05) is 13.8 Å². The molecule has 1 aromatic carbocycles. The zero-order valence-electron chi connectivity index (χ0n) is 11.9. The monoisotopic (exact) mass is 280 g/mol. The van der Waals surface area contributed by atoms with Crippen LogP contribution in [0.1, 0.15) is 26.7 Å². The molecule has 0 aliphatic rings. The van der Waals surface area contributed by atoms with Gasteiger partial charge in [0, 0.05) is 25.2 Å². The number of nitrogens with zero attached hydrogens (tertiary/aromatic N) is 2. The first-order valence-corrected chi connectivity index (χ1v) is 6.73. The van der Waals surface area contributed by atoms with Crippen molar-refractivity contribution < 1.29 is 14.5 Å². The molecule has 0 bridgehead atoms. The molecule has 0 radical (unpaired) electrons. The number of hydrogen-bond donors (Lipinski definition) is 0. The van der Waals surface area contributed by atoms with Crippen LogP contribution in [-0.2, 0) is 4.79 Å². The van der Waals surface area contributed by atoms with Crippen LogP contribution in [0.25, 0.3) is 0 Å². The van der Waals surface area contributed by atoms with Gasteiger partial charge in [0.25, 0.3) is 11.6 Å². The van der Waals surface area contributed by atoms with Crippen molar-refractivity contribution in [3.05, 3.63) is 34.4 Å². The molecule has 0 aromatic heterocycles. The predicted molar refractivity (Wildman–Crippen MR) is 75.8 cm³/mol. The van der Waals surface area contributed by atoms with Crippen molar-refractivity contribution in [3.8, 4) is 5.75 Å². The molecule has 6 heteroatoms. The number of benzene rings is 1. The molecule has 0 atom stereocenters. The minimum atomic E-state index is -0.473. The Morgan fingerprint density at radius 1 is 1.20 bits per heavy atom. The normalized spacial score (nSPS) is 10.1. The van der Waals surface area contributed by atoms with E-state index in [1.165, 1.54) is 24.3 Å². The van der Waals surface area contributed by atoms with Crippen molar-refractivity contribution in [2.75, 3.05) is 19.7 Å². The van der Waals surface area contributed by atoms with Crippen molar-refractivity contribution in [2.45, 2.75) is 26.7 Å². The number of rotatable bonds is 8. The lowest BCUT2D eigenvalue weighted by atomic mass is 10.3. The van der Waals surface area contributed by atoms with Crippen molar-refractivity contribution in [1.29, 1.82) is 0 Å². The second kappa shape index (κ2) is 8.14. The van der Waals surface area contributed by atoms with Crippen LogP contribution in [0.5, 0.6) is 5.75 Å². The van der Waals surface area contributed by atoms with Crippen LogP contribution in [-0.4, -0.2) is 35.4 Å². The zero-order chi connectivity index (χ0) is 15.0. The van der Waals surface area contributed by atoms with E-state index in [4.69, 9.17) is 4.74 Å². The molecule has 0 aliphatic carbocycles. The molecule has 1 rings (SSSR count). The highest BCUT2D eigenvalue weighted by Gasteiger charge is 2.12. The van der Waals surface area contributed by atoms with Gasteiger partial charge in [0.15, 0.2) is 6.61 Å². The van der Waals surface area contributed by atoms with Crippen molar-refractivity contribution in [3.63, 3.8) is 0 Å². The van der Waals surface area contributed by atoms with E-state index >= 15 is 0 Å². The van der Waals surface area contributed by atoms with E-state index in [0.717, 1.165) is 25.9 Å². The van der Waals surface area contributed by atoms with Crippen LogP contribution >= 0.6 is 0 Å². The molecule has 0 spiro atoms. The molecular weight excluding hydrogens is 260 g/mol. The summed E-state index contributed by atoms with van der Waals surface area (Å²) >= 11 is 0. The van der Waals surface area contributed by atoms with Gasteiger partial charge in [-0.1, -0.05) is 13.8 Å². The van der Waals surface area contributed by atoms with Gasteiger partial charge in [0.1, 0.15) is 5.75 Å². The Labute approximate surface area is 118 Å². The van der Waals surface area contributed by atoms with Crippen LogP contribution < -0.4 is 4.74 Å². The summed E-state index contributed by atoms with van der Waals surface area (Å²) in [4.78, 5) is 23.8. The Morgan fingerprint density at radius 2 is 1.75 bits per heavy atom. The smallest absolute Gasteiger partial charge is 0.269 e. The molecule has 1 aromatic rings. The fourth-order valence-corrected chi connectivity index (χ4v) is 1.80. The molecule has 6 nitrogen and oxygen atoms in total. The maximum absolute atomic E-state index is 12.0. The first kappa shape index (κ1) is 15.9. The topological polar surface area (TPSA) is 72.7 Å². The summed E-state index contributed by atoms with van der Waals surface area (Å²) in [6.07, 6.45) is 1.81. The molecule has 0 saturated carbocycles. The molecule has 0 fully saturated rings. The summed E-state index contributed by atoms with van der Waals surface area (Å²) < 4.78 is 5.36. The summed E-state index contributed by atoms with van der Waals surface area (Å²) in [7, 11) is 0. The van der Waals surface area contributed by atoms with E-state index < -0.39 is 4.92 Å². The van der Waals surface area contributed by atoms with Gasteiger partial charge < -0.3 is 9.64 Å². The Morgan fingerprint density at radius 3 is 2.20 bits per heavy atom. The van der Waals surface area contributed by atoms with Crippen LogP contribution in [0.15, 0.2) is 24.3 Å². The fourth-order valence-electron chi connectivity index (χ4n) is 1.80. The van der Waals surface area contributed by atoms with Crippen LogP contribution in [0.4, 0.5) is 5.69 Å². The third kappa shape index (κ3) is 4.87. The molecule has 0 aliphatic heterocycles. The number of carbonyl (C=O) groups excluding carboxylic acids is 1. The lowest BCUT2D eigenvalue weighted by Gasteiger charge is -2.21. The third-order valence-electron chi connectivity index (χ3n) is 2.75. The van der Waals surface area contributed by atoms with E-state index in [9.17, 15) is 14.9 Å². The Hall–Kier alpha value is -2.11. The number of nitro groups is 1.